The minimum absolute atomic E-state index is 0.0180. The topological polar surface area (TPSA) is 119 Å². The SMILES string of the molecule is CC/C=C\C/C=C\C/C=C\C/C=C\C/C=C\C/C=C\CCC(=O)O[C@@H](COCCCCCCCCSCCCCCCCC)COP(=O)(OCCNC(=O)OC(C)(C)C)OC(C)(C)C. The van der Waals surface area contributed by atoms with Crippen molar-refractivity contribution < 1.29 is 41.9 Å². The van der Waals surface area contributed by atoms with Gasteiger partial charge in [-0.25, -0.2) is 9.36 Å². The Kier molecular flexibility index (Phi) is 40.4. The molecular weight excluding hydrogens is 846 g/mol. The van der Waals surface area contributed by atoms with Crippen LogP contribution in [0.4, 0.5) is 4.79 Å². The van der Waals surface area contributed by atoms with Crippen molar-refractivity contribution in [1.29, 1.82) is 0 Å². The summed E-state index contributed by atoms with van der Waals surface area (Å²) >= 11 is 2.10. The van der Waals surface area contributed by atoms with Crippen molar-refractivity contribution in [3.63, 3.8) is 0 Å². The van der Waals surface area contributed by atoms with Gasteiger partial charge >= 0.3 is 19.9 Å². The molecule has 0 aliphatic rings. The predicted octanol–water partition coefficient (Wildman–Crippen LogP) is 15.3. The van der Waals surface area contributed by atoms with E-state index >= 15 is 0 Å². The maximum absolute atomic E-state index is 13.8. The van der Waals surface area contributed by atoms with E-state index in [0.717, 1.165) is 57.8 Å². The molecule has 0 aromatic carbocycles. The predicted molar refractivity (Wildman–Crippen MR) is 271 cm³/mol. The number of esters is 1. The summed E-state index contributed by atoms with van der Waals surface area (Å²) in [6, 6.07) is 0. The first-order valence-corrected chi connectivity index (χ1v) is 27.1. The Labute approximate surface area is 395 Å². The van der Waals surface area contributed by atoms with Gasteiger partial charge in [0.05, 0.1) is 25.4 Å². The van der Waals surface area contributed by atoms with E-state index in [0.29, 0.717) is 13.0 Å². The third-order valence-electron chi connectivity index (χ3n) is 9.01. The fourth-order valence-electron chi connectivity index (χ4n) is 5.84. The third kappa shape index (κ3) is 46.1. The molecule has 10 nitrogen and oxygen atoms in total. The van der Waals surface area contributed by atoms with Crippen LogP contribution in [-0.2, 0) is 37.1 Å². The lowest BCUT2D eigenvalue weighted by Crippen LogP contribution is -2.34. The first kappa shape index (κ1) is 61.6. The third-order valence-corrected chi connectivity index (χ3v) is 11.9. The van der Waals surface area contributed by atoms with Crippen molar-refractivity contribution >= 4 is 31.6 Å². The number of phosphoric acid groups is 1. The average molecular weight is 938 g/mol. The second-order valence-corrected chi connectivity index (χ2v) is 20.7. The van der Waals surface area contributed by atoms with Gasteiger partial charge in [0.25, 0.3) is 0 Å². The van der Waals surface area contributed by atoms with Crippen LogP contribution in [0.1, 0.15) is 184 Å². The van der Waals surface area contributed by atoms with Crippen molar-refractivity contribution in [2.24, 2.45) is 0 Å². The minimum atomic E-state index is -4.14. The number of unbranched alkanes of at least 4 members (excludes halogenated alkanes) is 10. The second-order valence-electron chi connectivity index (χ2n) is 17.9. The number of thioether (sulfide) groups is 1. The zero-order chi connectivity index (χ0) is 47.5. The summed E-state index contributed by atoms with van der Waals surface area (Å²) in [5, 5.41) is 2.57. The average Bonchev–Trinajstić information content (AvgIpc) is 3.22. The molecular formula is C52H92NO9PS. The molecule has 0 radical (unpaired) electrons. The van der Waals surface area contributed by atoms with Crippen molar-refractivity contribution in [3.05, 3.63) is 72.9 Å². The van der Waals surface area contributed by atoms with E-state index in [-0.39, 0.29) is 32.8 Å². The quantitative estimate of drug-likeness (QED) is 0.0275. The standard InChI is InChI=1S/C52H92NO9PS/c1-9-11-13-15-17-18-19-20-21-22-23-24-25-26-27-28-29-32-36-40-49(54)60-48(46-57-42-37-33-30-31-35-39-45-64-44-38-34-16-14-12-10-2)47-59-63(56,62-52(6,7)8)58-43-41-53-50(55)61-51(3,4)5/h11,13,17-18,20-21,23-24,26-27,29,32,48H,9-10,12,14-16,19,22,25,28,30-31,33-47H2,1-8H3,(H,53,55)/b13-11-,18-17-,21-20-,24-23-,27-26-,32-29-/t48-,63?/m0/s1. The van der Waals surface area contributed by atoms with Crippen molar-refractivity contribution in [2.75, 3.05) is 44.5 Å². The zero-order valence-electron chi connectivity index (χ0n) is 41.6. The highest BCUT2D eigenvalue weighted by Gasteiger charge is 2.34. The molecule has 0 saturated heterocycles. The smallest absolute Gasteiger partial charge is 0.457 e. The summed E-state index contributed by atoms with van der Waals surface area (Å²) in [5.74, 6) is 2.13. The molecule has 0 saturated carbocycles. The number of amides is 1. The summed E-state index contributed by atoms with van der Waals surface area (Å²) in [6.45, 7) is 15.1. The molecule has 0 aliphatic heterocycles. The van der Waals surface area contributed by atoms with E-state index in [1.54, 1.807) is 41.5 Å². The molecule has 2 atom stereocenters. The van der Waals surface area contributed by atoms with Crippen LogP contribution in [-0.4, -0.2) is 73.8 Å². The molecule has 0 bridgehead atoms. The van der Waals surface area contributed by atoms with Crippen LogP contribution in [0.2, 0.25) is 0 Å². The lowest BCUT2D eigenvalue weighted by molar-refractivity contribution is -0.154. The largest absolute Gasteiger partial charge is 0.475 e. The number of carbonyl (C=O) groups excluding carboxylic acids is 2. The first-order valence-electron chi connectivity index (χ1n) is 24.5. The molecule has 0 aromatic rings. The molecule has 1 unspecified atom stereocenters. The van der Waals surface area contributed by atoms with Crippen LogP contribution < -0.4 is 5.32 Å². The molecule has 0 rings (SSSR count). The summed E-state index contributed by atoms with van der Waals surface area (Å²) in [7, 11) is -4.14. The molecule has 1 amide bonds. The Balaban J connectivity index is 4.89. The zero-order valence-corrected chi connectivity index (χ0v) is 43.3. The fourth-order valence-corrected chi connectivity index (χ4v) is 8.38. The van der Waals surface area contributed by atoms with E-state index < -0.39 is 37.2 Å². The van der Waals surface area contributed by atoms with Crippen LogP contribution in [0, 0.1) is 0 Å². The fraction of sp³-hybridized carbons (Fsp3) is 0.731. The molecule has 0 fully saturated rings. The molecule has 12 heteroatoms. The Morgan fingerprint density at radius 2 is 1.09 bits per heavy atom. The maximum atomic E-state index is 13.8. The van der Waals surface area contributed by atoms with Gasteiger partial charge in [-0.3, -0.25) is 18.4 Å². The molecule has 0 aliphatic carbocycles. The number of hydrogen-bond acceptors (Lipinski definition) is 10. The van der Waals surface area contributed by atoms with Gasteiger partial charge in [0.15, 0.2) is 0 Å². The van der Waals surface area contributed by atoms with Gasteiger partial charge < -0.3 is 19.5 Å². The van der Waals surface area contributed by atoms with Gasteiger partial charge in [0, 0.05) is 19.6 Å². The molecule has 1 N–H and O–H groups in total. The highest BCUT2D eigenvalue weighted by molar-refractivity contribution is 7.99. The number of phosphoric ester groups is 1. The molecule has 64 heavy (non-hydrogen) atoms. The van der Waals surface area contributed by atoms with E-state index in [1.165, 1.54) is 69.3 Å². The summed E-state index contributed by atoms with van der Waals surface area (Å²) in [4.78, 5) is 25.0. The lowest BCUT2D eigenvalue weighted by Gasteiger charge is -2.27. The van der Waals surface area contributed by atoms with Crippen LogP contribution >= 0.6 is 19.6 Å². The van der Waals surface area contributed by atoms with Crippen molar-refractivity contribution in [2.45, 2.75) is 201 Å². The summed E-state index contributed by atoms with van der Waals surface area (Å²) in [5.41, 5.74) is -1.53. The second kappa shape index (κ2) is 42.0. The minimum Gasteiger partial charge on any atom is -0.457 e. The van der Waals surface area contributed by atoms with Crippen LogP contribution in [0.15, 0.2) is 72.9 Å². The number of ether oxygens (including phenoxy) is 3. The van der Waals surface area contributed by atoms with Gasteiger partial charge in [-0.2, -0.15) is 11.8 Å². The number of carbonyl (C=O) groups is 2. The summed E-state index contributed by atoms with van der Waals surface area (Å²) in [6.07, 6.45) is 45.7. The number of rotatable bonds is 41. The number of allylic oxidation sites excluding steroid dienone is 12. The van der Waals surface area contributed by atoms with Crippen LogP contribution in [0.5, 0.6) is 0 Å². The van der Waals surface area contributed by atoms with Gasteiger partial charge in [-0.1, -0.05) is 145 Å². The summed E-state index contributed by atoms with van der Waals surface area (Å²) < 4.78 is 47.8. The Morgan fingerprint density at radius 1 is 0.594 bits per heavy atom. The van der Waals surface area contributed by atoms with Gasteiger partial charge in [0.1, 0.15) is 11.7 Å². The molecule has 370 valence electrons. The molecule has 0 spiro atoms. The first-order chi connectivity index (χ1) is 30.7. The normalized spacial score (nSPS) is 14.2. The number of alkyl carbamates (subject to hydrolysis) is 1. The van der Waals surface area contributed by atoms with Crippen molar-refractivity contribution in [1.82, 2.24) is 5.32 Å². The monoisotopic (exact) mass is 938 g/mol. The maximum Gasteiger partial charge on any atom is 0.475 e. The van der Waals surface area contributed by atoms with E-state index in [1.807, 2.05) is 12.2 Å². The lowest BCUT2D eigenvalue weighted by atomic mass is 10.1. The highest BCUT2D eigenvalue weighted by Crippen LogP contribution is 2.52. The van der Waals surface area contributed by atoms with Gasteiger partial charge in [0.2, 0.25) is 0 Å². The Morgan fingerprint density at radius 3 is 1.61 bits per heavy atom. The van der Waals surface area contributed by atoms with Crippen LogP contribution in [0.3, 0.4) is 0 Å². The van der Waals surface area contributed by atoms with E-state index in [2.05, 4.69) is 91.7 Å². The van der Waals surface area contributed by atoms with E-state index in [4.69, 9.17) is 27.8 Å². The molecule has 0 aromatic heterocycles. The van der Waals surface area contributed by atoms with Gasteiger partial charge in [-0.05, 0) is 117 Å². The van der Waals surface area contributed by atoms with Crippen molar-refractivity contribution in [3.8, 4) is 0 Å². The Hall–Kier alpha value is -2.40. The van der Waals surface area contributed by atoms with E-state index in [9.17, 15) is 14.2 Å². The molecule has 0 heterocycles. The number of hydrogen-bond donors (Lipinski definition) is 1. The Bertz CT molecular complexity index is 1360. The highest BCUT2D eigenvalue weighted by atomic mass is 32.2. The van der Waals surface area contributed by atoms with Crippen LogP contribution in [0.25, 0.3) is 0 Å². The van der Waals surface area contributed by atoms with Gasteiger partial charge in [-0.15, -0.1) is 0 Å². The number of nitrogens with one attached hydrogen (secondary N) is 1.